The van der Waals surface area contributed by atoms with Crippen LogP contribution in [0.4, 0.5) is 9.18 Å². The fourth-order valence-electron chi connectivity index (χ4n) is 2.63. The molecule has 6 nitrogen and oxygen atoms in total. The van der Waals surface area contributed by atoms with E-state index >= 15 is 0 Å². The van der Waals surface area contributed by atoms with Gasteiger partial charge in [-0.25, -0.2) is 9.18 Å². The van der Waals surface area contributed by atoms with Crippen LogP contribution in [0, 0.1) is 5.82 Å². The van der Waals surface area contributed by atoms with Gasteiger partial charge in [0, 0.05) is 17.7 Å². The maximum atomic E-state index is 13.8. The van der Waals surface area contributed by atoms with Gasteiger partial charge in [0.15, 0.2) is 11.5 Å². The van der Waals surface area contributed by atoms with Crippen molar-refractivity contribution in [2.24, 2.45) is 0 Å². The molecule has 2 amide bonds. The zero-order chi connectivity index (χ0) is 19.1. The van der Waals surface area contributed by atoms with E-state index < -0.39 is 12.1 Å². The van der Waals surface area contributed by atoms with Crippen LogP contribution in [0.3, 0.4) is 0 Å². The molecular formula is C19H23FN2O4. The molecule has 26 heavy (non-hydrogen) atoms. The summed E-state index contributed by atoms with van der Waals surface area (Å²) in [6.07, 6.45) is 0. The summed E-state index contributed by atoms with van der Waals surface area (Å²) in [6, 6.07) is 8.95. The van der Waals surface area contributed by atoms with Crippen LogP contribution in [0.5, 0.6) is 17.2 Å². The number of amides is 2. The van der Waals surface area contributed by atoms with Crippen LogP contribution in [0.1, 0.15) is 24.1 Å². The van der Waals surface area contributed by atoms with Gasteiger partial charge in [-0.1, -0.05) is 18.2 Å². The zero-order valence-electron chi connectivity index (χ0n) is 15.3. The maximum absolute atomic E-state index is 13.8. The van der Waals surface area contributed by atoms with E-state index in [4.69, 9.17) is 14.2 Å². The van der Waals surface area contributed by atoms with E-state index in [1.807, 2.05) is 0 Å². The van der Waals surface area contributed by atoms with Gasteiger partial charge in [-0.05, 0) is 25.1 Å². The van der Waals surface area contributed by atoms with E-state index in [0.717, 1.165) is 5.56 Å². The second kappa shape index (κ2) is 8.94. The Morgan fingerprint density at radius 3 is 2.35 bits per heavy atom. The van der Waals surface area contributed by atoms with E-state index in [1.54, 1.807) is 37.3 Å². The minimum atomic E-state index is -0.469. The van der Waals surface area contributed by atoms with E-state index in [1.165, 1.54) is 27.4 Å². The summed E-state index contributed by atoms with van der Waals surface area (Å²) in [7, 11) is 4.56. The third-order valence-electron chi connectivity index (χ3n) is 3.94. The number of rotatable bonds is 7. The number of methoxy groups -OCH3 is 3. The zero-order valence-corrected chi connectivity index (χ0v) is 15.3. The summed E-state index contributed by atoms with van der Waals surface area (Å²) in [5.41, 5.74) is 1.14. The Kier molecular flexibility index (Phi) is 6.66. The number of urea groups is 1. The lowest BCUT2D eigenvalue weighted by atomic mass is 10.1. The number of hydrogen-bond donors (Lipinski definition) is 2. The van der Waals surface area contributed by atoms with Crippen LogP contribution >= 0.6 is 0 Å². The molecule has 0 spiro atoms. The van der Waals surface area contributed by atoms with Crippen LogP contribution in [0.2, 0.25) is 0 Å². The van der Waals surface area contributed by atoms with Gasteiger partial charge in [0.25, 0.3) is 0 Å². The van der Waals surface area contributed by atoms with Gasteiger partial charge >= 0.3 is 6.03 Å². The number of nitrogens with one attached hydrogen (secondary N) is 2. The first-order valence-corrected chi connectivity index (χ1v) is 8.08. The van der Waals surface area contributed by atoms with E-state index in [-0.39, 0.29) is 12.4 Å². The van der Waals surface area contributed by atoms with Gasteiger partial charge in [0.05, 0.1) is 27.4 Å². The smallest absolute Gasteiger partial charge is 0.315 e. The van der Waals surface area contributed by atoms with Gasteiger partial charge < -0.3 is 24.8 Å². The van der Waals surface area contributed by atoms with Crippen molar-refractivity contribution in [2.45, 2.75) is 19.5 Å². The monoisotopic (exact) mass is 362 g/mol. The van der Waals surface area contributed by atoms with Gasteiger partial charge in [0.2, 0.25) is 5.75 Å². The highest BCUT2D eigenvalue weighted by atomic mass is 19.1. The Morgan fingerprint density at radius 2 is 1.73 bits per heavy atom. The summed E-state index contributed by atoms with van der Waals surface area (Å²) in [4.78, 5) is 12.1. The van der Waals surface area contributed by atoms with Gasteiger partial charge in [-0.2, -0.15) is 0 Å². The van der Waals surface area contributed by atoms with E-state index in [0.29, 0.717) is 22.8 Å². The van der Waals surface area contributed by atoms with Crippen LogP contribution in [0.15, 0.2) is 36.4 Å². The van der Waals surface area contributed by atoms with Crippen LogP contribution in [-0.4, -0.2) is 27.4 Å². The average molecular weight is 362 g/mol. The molecule has 0 saturated carbocycles. The predicted octanol–water partition coefficient (Wildman–Crippen LogP) is 3.41. The molecule has 2 N–H and O–H groups in total. The topological polar surface area (TPSA) is 68.8 Å². The lowest BCUT2D eigenvalue weighted by Crippen LogP contribution is -2.37. The van der Waals surface area contributed by atoms with Crippen molar-refractivity contribution in [2.75, 3.05) is 21.3 Å². The molecular weight excluding hydrogens is 339 g/mol. The fraction of sp³-hybridized carbons (Fsp3) is 0.316. The van der Waals surface area contributed by atoms with Gasteiger partial charge in [-0.3, -0.25) is 0 Å². The molecule has 2 rings (SSSR count). The molecule has 0 aromatic heterocycles. The number of benzene rings is 2. The molecule has 0 radical (unpaired) electrons. The lowest BCUT2D eigenvalue weighted by molar-refractivity contribution is 0.237. The molecule has 140 valence electrons. The molecule has 0 heterocycles. The molecule has 0 fully saturated rings. The lowest BCUT2D eigenvalue weighted by Gasteiger charge is -2.18. The first kappa shape index (κ1) is 19.4. The molecule has 7 heteroatoms. The third kappa shape index (κ3) is 4.36. The molecule has 0 aliphatic carbocycles. The molecule has 1 atom stereocenters. The highest BCUT2D eigenvalue weighted by molar-refractivity contribution is 5.74. The predicted molar refractivity (Wildman–Crippen MR) is 96.3 cm³/mol. The SMILES string of the molecule is COc1ccc(CNC(=O)NC(C)c2ccccc2F)c(OC)c1OC. The molecule has 0 saturated heterocycles. The largest absolute Gasteiger partial charge is 0.493 e. The van der Waals surface area contributed by atoms with Crippen molar-refractivity contribution < 1.29 is 23.4 Å². The summed E-state index contributed by atoms with van der Waals surface area (Å²) in [6.45, 7) is 1.92. The van der Waals surface area contributed by atoms with Crippen molar-refractivity contribution in [1.82, 2.24) is 10.6 Å². The van der Waals surface area contributed by atoms with Crippen molar-refractivity contribution in [3.63, 3.8) is 0 Å². The van der Waals surface area contributed by atoms with E-state index in [2.05, 4.69) is 10.6 Å². The minimum Gasteiger partial charge on any atom is -0.493 e. The average Bonchev–Trinajstić information content (AvgIpc) is 2.65. The summed E-state index contributed by atoms with van der Waals surface area (Å²) in [5, 5.41) is 5.44. The second-order valence-corrected chi connectivity index (χ2v) is 5.56. The van der Waals surface area contributed by atoms with Crippen LogP contribution in [-0.2, 0) is 6.54 Å². The van der Waals surface area contributed by atoms with Crippen molar-refractivity contribution >= 4 is 6.03 Å². The molecule has 0 aliphatic rings. The van der Waals surface area contributed by atoms with Gasteiger partial charge in [0.1, 0.15) is 5.82 Å². The van der Waals surface area contributed by atoms with Crippen molar-refractivity contribution in [1.29, 1.82) is 0 Å². The summed E-state index contributed by atoms with van der Waals surface area (Å²) in [5.74, 6) is 1.11. The number of ether oxygens (including phenoxy) is 3. The normalized spacial score (nSPS) is 11.4. The summed E-state index contributed by atoms with van der Waals surface area (Å²) < 4.78 is 29.7. The standard InChI is InChI=1S/C19H23FN2O4/c1-12(14-7-5-6-8-15(14)20)22-19(23)21-11-13-9-10-16(24-2)18(26-4)17(13)25-3/h5-10,12H,11H2,1-4H3,(H2,21,22,23). The Morgan fingerprint density at radius 1 is 1.04 bits per heavy atom. The number of hydrogen-bond acceptors (Lipinski definition) is 4. The number of carbonyl (C=O) groups excluding carboxylic acids is 1. The number of halogens is 1. The van der Waals surface area contributed by atoms with Crippen LogP contribution in [0.25, 0.3) is 0 Å². The quantitative estimate of drug-likeness (QED) is 0.792. The first-order chi connectivity index (χ1) is 12.5. The van der Waals surface area contributed by atoms with E-state index in [9.17, 15) is 9.18 Å². The van der Waals surface area contributed by atoms with Crippen molar-refractivity contribution in [3.8, 4) is 17.2 Å². The highest BCUT2D eigenvalue weighted by Gasteiger charge is 2.17. The molecule has 1 unspecified atom stereocenters. The molecule has 2 aromatic carbocycles. The Labute approximate surface area is 152 Å². The Bertz CT molecular complexity index is 767. The first-order valence-electron chi connectivity index (χ1n) is 8.08. The Balaban J connectivity index is 2.04. The molecule has 2 aromatic rings. The number of carbonyl (C=O) groups is 1. The minimum absolute atomic E-state index is 0.208. The molecule has 0 aliphatic heterocycles. The van der Waals surface area contributed by atoms with Crippen LogP contribution < -0.4 is 24.8 Å². The summed E-state index contributed by atoms with van der Waals surface area (Å²) >= 11 is 0. The van der Waals surface area contributed by atoms with Crippen molar-refractivity contribution in [3.05, 3.63) is 53.3 Å². The van der Waals surface area contributed by atoms with Gasteiger partial charge in [-0.15, -0.1) is 0 Å². The second-order valence-electron chi connectivity index (χ2n) is 5.56. The third-order valence-corrected chi connectivity index (χ3v) is 3.94. The maximum Gasteiger partial charge on any atom is 0.315 e. The Hall–Kier alpha value is -2.96. The molecule has 0 bridgehead atoms. The highest BCUT2D eigenvalue weighted by Crippen LogP contribution is 2.39. The fourth-order valence-corrected chi connectivity index (χ4v) is 2.63.